The predicted octanol–water partition coefficient (Wildman–Crippen LogP) is 1.48. The van der Waals surface area contributed by atoms with Crippen molar-refractivity contribution in [2.24, 2.45) is 7.05 Å². The molecule has 5 heteroatoms. The lowest BCUT2D eigenvalue weighted by molar-refractivity contribution is 0.142. The minimum Gasteiger partial charge on any atom is -0.390 e. The largest absolute Gasteiger partial charge is 0.390 e. The van der Waals surface area contributed by atoms with Crippen molar-refractivity contribution in [2.75, 3.05) is 0 Å². The van der Waals surface area contributed by atoms with Crippen LogP contribution in [0.3, 0.4) is 0 Å². The molecule has 2 atom stereocenters. The van der Waals surface area contributed by atoms with Gasteiger partial charge in [-0.2, -0.15) is 0 Å². The van der Waals surface area contributed by atoms with Crippen LogP contribution in [-0.2, 0) is 20.0 Å². The molecule has 1 aromatic heterocycles. The Morgan fingerprint density at radius 1 is 1.33 bits per heavy atom. The Bertz CT molecular complexity index is 650. The van der Waals surface area contributed by atoms with Gasteiger partial charge in [0.05, 0.1) is 18.7 Å². The van der Waals surface area contributed by atoms with Crippen LogP contribution in [0.2, 0.25) is 0 Å². The zero-order valence-electron chi connectivity index (χ0n) is 11.9. The maximum Gasteiger partial charge on any atom is 0.315 e. The van der Waals surface area contributed by atoms with Gasteiger partial charge in [0.1, 0.15) is 0 Å². The van der Waals surface area contributed by atoms with Crippen molar-refractivity contribution in [3.63, 3.8) is 0 Å². The van der Waals surface area contributed by atoms with E-state index in [0.29, 0.717) is 13.0 Å². The first kappa shape index (κ1) is 13.7. The van der Waals surface area contributed by atoms with E-state index in [1.165, 1.54) is 0 Å². The summed E-state index contributed by atoms with van der Waals surface area (Å²) in [5, 5.41) is 15.8. The van der Waals surface area contributed by atoms with Crippen LogP contribution in [-0.4, -0.2) is 21.8 Å². The summed E-state index contributed by atoms with van der Waals surface area (Å²) in [5.74, 6) is 0. The molecule has 1 aliphatic carbocycles. The van der Waals surface area contributed by atoms with Gasteiger partial charge in [-0.3, -0.25) is 0 Å². The van der Waals surface area contributed by atoms with Crippen molar-refractivity contribution in [3.8, 4) is 0 Å². The highest BCUT2D eigenvalue weighted by Gasteiger charge is 2.31. The molecular weight excluding hydrogens is 266 g/mol. The number of nitrogens with zero attached hydrogens (tertiary/aromatic N) is 1. The molecule has 1 aromatic carbocycles. The summed E-state index contributed by atoms with van der Waals surface area (Å²) in [6.45, 7) is 0.458. The molecule has 1 heterocycles. The van der Waals surface area contributed by atoms with Gasteiger partial charge in [-0.1, -0.05) is 24.3 Å². The molecule has 0 spiro atoms. The Kier molecular flexibility index (Phi) is 3.66. The van der Waals surface area contributed by atoms with Gasteiger partial charge >= 0.3 is 6.03 Å². The van der Waals surface area contributed by atoms with Crippen LogP contribution in [0, 0.1) is 0 Å². The molecule has 0 saturated heterocycles. The number of carbonyl (C=O) groups is 1. The topological polar surface area (TPSA) is 66.3 Å². The smallest absolute Gasteiger partial charge is 0.315 e. The van der Waals surface area contributed by atoms with Crippen LogP contribution in [0.5, 0.6) is 0 Å². The normalized spacial score (nSPS) is 20.1. The lowest BCUT2D eigenvalue weighted by Gasteiger charge is -2.18. The van der Waals surface area contributed by atoms with Crippen molar-refractivity contribution in [3.05, 3.63) is 59.4 Å². The van der Waals surface area contributed by atoms with Gasteiger partial charge in [0.2, 0.25) is 0 Å². The van der Waals surface area contributed by atoms with Crippen LogP contribution < -0.4 is 10.6 Å². The van der Waals surface area contributed by atoms with E-state index in [1.54, 1.807) is 0 Å². The quantitative estimate of drug-likeness (QED) is 0.800. The van der Waals surface area contributed by atoms with E-state index in [2.05, 4.69) is 10.6 Å². The Labute approximate surface area is 123 Å². The molecule has 0 saturated carbocycles. The first-order valence-electron chi connectivity index (χ1n) is 7.05. The van der Waals surface area contributed by atoms with Crippen LogP contribution in [0.25, 0.3) is 0 Å². The molecule has 0 unspecified atom stereocenters. The van der Waals surface area contributed by atoms with E-state index < -0.39 is 6.10 Å². The molecule has 1 aliphatic rings. The summed E-state index contributed by atoms with van der Waals surface area (Å²) in [7, 11) is 1.94. The number of benzene rings is 1. The Morgan fingerprint density at radius 2 is 2.14 bits per heavy atom. The van der Waals surface area contributed by atoms with E-state index in [-0.39, 0.29) is 12.1 Å². The number of aromatic nitrogens is 1. The number of amides is 2. The van der Waals surface area contributed by atoms with Crippen molar-refractivity contribution in [2.45, 2.75) is 25.1 Å². The fourth-order valence-corrected chi connectivity index (χ4v) is 2.79. The third kappa shape index (κ3) is 2.78. The number of aliphatic hydroxyl groups is 1. The second kappa shape index (κ2) is 5.61. The number of hydrogen-bond donors (Lipinski definition) is 3. The first-order chi connectivity index (χ1) is 10.1. The first-order valence-corrected chi connectivity index (χ1v) is 7.05. The summed E-state index contributed by atoms with van der Waals surface area (Å²) in [6, 6.07) is 11.1. The van der Waals surface area contributed by atoms with E-state index in [1.807, 2.05) is 54.2 Å². The summed E-state index contributed by atoms with van der Waals surface area (Å²) in [4.78, 5) is 12.0. The molecule has 5 nitrogen and oxygen atoms in total. The van der Waals surface area contributed by atoms with E-state index in [9.17, 15) is 9.90 Å². The molecule has 110 valence electrons. The molecular formula is C16H19N3O2. The zero-order chi connectivity index (χ0) is 14.8. The Morgan fingerprint density at radius 3 is 2.90 bits per heavy atom. The maximum absolute atomic E-state index is 12.0. The molecule has 0 bridgehead atoms. The summed E-state index contributed by atoms with van der Waals surface area (Å²) < 4.78 is 1.96. The van der Waals surface area contributed by atoms with Crippen molar-refractivity contribution < 1.29 is 9.90 Å². The number of aryl methyl sites for hydroxylation is 1. The molecule has 3 N–H and O–H groups in total. The number of rotatable bonds is 3. The van der Waals surface area contributed by atoms with Gasteiger partial charge in [-0.15, -0.1) is 0 Å². The minimum absolute atomic E-state index is 0.267. The zero-order valence-corrected chi connectivity index (χ0v) is 11.9. The Balaban J connectivity index is 1.61. The van der Waals surface area contributed by atoms with Crippen LogP contribution in [0.1, 0.15) is 22.9 Å². The van der Waals surface area contributed by atoms with Gasteiger partial charge in [0.15, 0.2) is 0 Å². The third-order valence-electron chi connectivity index (χ3n) is 3.97. The molecule has 21 heavy (non-hydrogen) atoms. The maximum atomic E-state index is 12.0. The van der Waals surface area contributed by atoms with E-state index in [4.69, 9.17) is 0 Å². The lowest BCUT2D eigenvalue weighted by Crippen LogP contribution is -2.40. The fourth-order valence-electron chi connectivity index (χ4n) is 2.79. The summed E-state index contributed by atoms with van der Waals surface area (Å²) >= 11 is 0. The number of carbonyl (C=O) groups excluding carboxylic acids is 1. The Hall–Kier alpha value is -2.27. The van der Waals surface area contributed by atoms with Crippen molar-refractivity contribution in [1.29, 1.82) is 0 Å². The summed E-state index contributed by atoms with van der Waals surface area (Å²) in [6.07, 6.45) is 1.95. The highest BCUT2D eigenvalue weighted by atomic mass is 16.3. The fraction of sp³-hybridized carbons (Fsp3) is 0.312. The van der Waals surface area contributed by atoms with Gasteiger partial charge in [0, 0.05) is 25.4 Å². The number of urea groups is 1. The van der Waals surface area contributed by atoms with Gasteiger partial charge in [0.25, 0.3) is 0 Å². The van der Waals surface area contributed by atoms with E-state index in [0.717, 1.165) is 16.8 Å². The molecule has 3 rings (SSSR count). The molecule has 0 fully saturated rings. The number of fused-ring (bicyclic) bond motifs is 1. The van der Waals surface area contributed by atoms with Crippen molar-refractivity contribution >= 4 is 6.03 Å². The number of hydrogen-bond acceptors (Lipinski definition) is 2. The third-order valence-corrected chi connectivity index (χ3v) is 3.97. The molecule has 0 aliphatic heterocycles. The van der Waals surface area contributed by atoms with Crippen LogP contribution in [0.4, 0.5) is 4.79 Å². The minimum atomic E-state index is -0.566. The predicted molar refractivity (Wildman–Crippen MR) is 79.7 cm³/mol. The standard InChI is InChI=1S/C16H19N3O2/c1-19-8-4-6-12(19)10-17-16(21)18-15-13-7-3-2-5-11(13)9-14(15)20/h2-8,14-15,20H,9-10H2,1H3,(H2,17,18,21)/t14-,15+/m1/s1. The van der Waals surface area contributed by atoms with Crippen LogP contribution in [0.15, 0.2) is 42.6 Å². The highest BCUT2D eigenvalue weighted by molar-refractivity contribution is 5.74. The molecule has 0 radical (unpaired) electrons. The second-order valence-electron chi connectivity index (χ2n) is 5.39. The van der Waals surface area contributed by atoms with Gasteiger partial charge in [-0.05, 0) is 23.3 Å². The van der Waals surface area contributed by atoms with E-state index >= 15 is 0 Å². The lowest BCUT2D eigenvalue weighted by atomic mass is 10.1. The SMILES string of the molecule is Cn1cccc1CNC(=O)N[C@H]1c2ccccc2C[C@H]1O. The van der Waals surface area contributed by atoms with Gasteiger partial charge < -0.3 is 20.3 Å². The number of nitrogens with one attached hydrogen (secondary N) is 2. The monoisotopic (exact) mass is 285 g/mol. The average Bonchev–Trinajstić information content (AvgIpc) is 3.01. The average molecular weight is 285 g/mol. The number of aliphatic hydroxyl groups excluding tert-OH is 1. The highest BCUT2D eigenvalue weighted by Crippen LogP contribution is 2.30. The van der Waals surface area contributed by atoms with Crippen LogP contribution >= 0.6 is 0 Å². The molecule has 2 aromatic rings. The molecule has 2 amide bonds. The second-order valence-corrected chi connectivity index (χ2v) is 5.39. The van der Waals surface area contributed by atoms with Gasteiger partial charge in [-0.25, -0.2) is 4.79 Å². The summed E-state index contributed by atoms with van der Waals surface area (Å²) in [5.41, 5.74) is 3.12. The van der Waals surface area contributed by atoms with Crippen molar-refractivity contribution in [1.82, 2.24) is 15.2 Å².